The van der Waals surface area contributed by atoms with Gasteiger partial charge in [0, 0.05) is 38.9 Å². The number of hydrogen-bond acceptors (Lipinski definition) is 1. The van der Waals surface area contributed by atoms with E-state index in [1.807, 2.05) is 0 Å². The van der Waals surface area contributed by atoms with Crippen LogP contribution in [0.3, 0.4) is 0 Å². The summed E-state index contributed by atoms with van der Waals surface area (Å²) in [6.45, 7) is 4.68. The maximum Gasteiger partial charge on any atom is 0.0547 e. The molecule has 1 aliphatic rings. The number of para-hydroxylation sites is 2. The molecular weight excluding hydrogens is 641 g/mol. The lowest BCUT2D eigenvalue weighted by molar-refractivity contribution is 0.660. The summed E-state index contributed by atoms with van der Waals surface area (Å²) in [6, 6.07) is 70.7. The van der Waals surface area contributed by atoms with E-state index >= 15 is 0 Å². The smallest absolute Gasteiger partial charge is 0.0547 e. The van der Waals surface area contributed by atoms with Crippen molar-refractivity contribution in [2.75, 3.05) is 4.90 Å². The zero-order chi connectivity index (χ0) is 35.5. The van der Waals surface area contributed by atoms with Crippen molar-refractivity contribution in [2.45, 2.75) is 19.3 Å². The number of fused-ring (bicyclic) bond motifs is 6. The highest BCUT2D eigenvalue weighted by Gasteiger charge is 2.35. The monoisotopic (exact) mass is 678 g/mol. The molecule has 0 bridgehead atoms. The first-order valence-corrected chi connectivity index (χ1v) is 18.4. The quantitative estimate of drug-likeness (QED) is 0.170. The van der Waals surface area contributed by atoms with Crippen molar-refractivity contribution in [3.63, 3.8) is 0 Å². The highest BCUT2D eigenvalue weighted by atomic mass is 15.1. The molecule has 10 rings (SSSR count). The van der Waals surface area contributed by atoms with Crippen LogP contribution in [0.4, 0.5) is 17.1 Å². The van der Waals surface area contributed by atoms with Crippen molar-refractivity contribution >= 4 is 38.9 Å². The average Bonchev–Trinajstić information content (AvgIpc) is 3.68. The standard InChI is InChI=1S/C51H38N2/c1-51(2)46-21-11-9-18-43(46)45-34-41(32-33-47(45)51)52(39-28-24-36(25-29-39)35-14-5-3-6-15-35)40-30-26-37(27-31-40)42-20-13-23-49-50(42)44-19-10-12-22-48(44)53(49)38-16-7-4-8-17-38/h3-34H,1-2H3. The molecule has 0 saturated heterocycles. The molecule has 0 fully saturated rings. The fraction of sp³-hybridized carbons (Fsp3) is 0.0588. The molecule has 0 unspecified atom stereocenters. The molecular formula is C51H38N2. The van der Waals surface area contributed by atoms with Gasteiger partial charge in [0.2, 0.25) is 0 Å². The minimum atomic E-state index is -0.0427. The van der Waals surface area contributed by atoms with Crippen LogP contribution in [0.1, 0.15) is 25.0 Å². The lowest BCUT2D eigenvalue weighted by atomic mass is 9.82. The van der Waals surface area contributed by atoms with Gasteiger partial charge in [-0.15, -0.1) is 0 Å². The zero-order valence-corrected chi connectivity index (χ0v) is 29.9. The van der Waals surface area contributed by atoms with Gasteiger partial charge in [0.05, 0.1) is 11.0 Å². The molecule has 0 spiro atoms. The lowest BCUT2D eigenvalue weighted by Crippen LogP contribution is -2.15. The first-order chi connectivity index (χ1) is 26.1. The molecule has 1 aliphatic carbocycles. The maximum atomic E-state index is 2.40. The second kappa shape index (κ2) is 12.3. The normalized spacial score (nSPS) is 12.9. The van der Waals surface area contributed by atoms with Crippen molar-refractivity contribution in [3.05, 3.63) is 205 Å². The van der Waals surface area contributed by atoms with Crippen LogP contribution in [0, 0.1) is 0 Å². The Bertz CT molecular complexity index is 2770. The summed E-state index contributed by atoms with van der Waals surface area (Å²) in [7, 11) is 0. The van der Waals surface area contributed by atoms with Crippen LogP contribution in [0.5, 0.6) is 0 Å². The Hall–Kier alpha value is -6.64. The molecule has 0 atom stereocenters. The topological polar surface area (TPSA) is 8.17 Å². The average molecular weight is 679 g/mol. The van der Waals surface area contributed by atoms with E-state index in [-0.39, 0.29) is 5.41 Å². The van der Waals surface area contributed by atoms with Gasteiger partial charge in [-0.2, -0.15) is 0 Å². The highest BCUT2D eigenvalue weighted by Crippen LogP contribution is 2.51. The fourth-order valence-corrected chi connectivity index (χ4v) is 8.63. The van der Waals surface area contributed by atoms with Gasteiger partial charge in [-0.05, 0) is 105 Å². The Morgan fingerprint density at radius 2 is 0.943 bits per heavy atom. The van der Waals surface area contributed by atoms with Crippen molar-refractivity contribution in [1.29, 1.82) is 0 Å². The molecule has 0 aliphatic heterocycles. The second-order valence-electron chi connectivity index (χ2n) is 14.6. The number of nitrogens with zero attached hydrogens (tertiary/aromatic N) is 2. The summed E-state index contributed by atoms with van der Waals surface area (Å²) in [5.41, 5.74) is 17.2. The molecule has 8 aromatic carbocycles. The lowest BCUT2D eigenvalue weighted by Gasteiger charge is -2.27. The molecule has 1 heterocycles. The van der Waals surface area contributed by atoms with Crippen molar-refractivity contribution in [3.8, 4) is 39.1 Å². The first-order valence-electron chi connectivity index (χ1n) is 18.4. The first kappa shape index (κ1) is 31.1. The van der Waals surface area contributed by atoms with Crippen LogP contribution < -0.4 is 4.90 Å². The fourth-order valence-electron chi connectivity index (χ4n) is 8.63. The molecule has 0 saturated carbocycles. The van der Waals surface area contributed by atoms with Gasteiger partial charge in [0.1, 0.15) is 0 Å². The molecule has 53 heavy (non-hydrogen) atoms. The van der Waals surface area contributed by atoms with Gasteiger partial charge >= 0.3 is 0 Å². The summed E-state index contributed by atoms with van der Waals surface area (Å²) >= 11 is 0. The summed E-state index contributed by atoms with van der Waals surface area (Å²) in [4.78, 5) is 2.40. The predicted octanol–water partition coefficient (Wildman–Crippen LogP) is 13.9. The van der Waals surface area contributed by atoms with E-state index in [1.165, 1.54) is 72.0 Å². The third-order valence-corrected chi connectivity index (χ3v) is 11.2. The molecule has 1 aromatic heterocycles. The van der Waals surface area contributed by atoms with Gasteiger partial charge in [-0.1, -0.05) is 147 Å². The number of benzene rings is 8. The zero-order valence-electron chi connectivity index (χ0n) is 29.9. The molecule has 0 amide bonds. The molecule has 252 valence electrons. The number of anilines is 3. The predicted molar refractivity (Wildman–Crippen MR) is 224 cm³/mol. The number of aromatic nitrogens is 1. The van der Waals surface area contributed by atoms with Gasteiger partial charge in [-0.25, -0.2) is 0 Å². The minimum Gasteiger partial charge on any atom is -0.310 e. The Morgan fingerprint density at radius 1 is 0.396 bits per heavy atom. The molecule has 0 radical (unpaired) electrons. The van der Waals surface area contributed by atoms with Crippen molar-refractivity contribution in [1.82, 2.24) is 4.57 Å². The number of hydrogen-bond donors (Lipinski definition) is 0. The largest absolute Gasteiger partial charge is 0.310 e. The van der Waals surface area contributed by atoms with E-state index in [0.29, 0.717) is 0 Å². The highest BCUT2D eigenvalue weighted by molar-refractivity contribution is 6.15. The SMILES string of the molecule is CC1(C)c2ccccc2-c2cc(N(c3ccc(-c4ccccc4)cc3)c3ccc(-c4cccc5c4c4ccccc4n5-c4ccccc4)cc3)ccc21. The van der Waals surface area contributed by atoms with Crippen LogP contribution in [-0.2, 0) is 5.41 Å². The molecule has 9 aromatic rings. The Labute approximate surface area is 310 Å². The summed E-state index contributed by atoms with van der Waals surface area (Å²) < 4.78 is 2.39. The van der Waals surface area contributed by atoms with Crippen LogP contribution in [0.25, 0.3) is 60.9 Å². The van der Waals surface area contributed by atoms with Gasteiger partial charge in [0.15, 0.2) is 0 Å². The van der Waals surface area contributed by atoms with Gasteiger partial charge in [-0.3, -0.25) is 0 Å². The van der Waals surface area contributed by atoms with Crippen LogP contribution in [-0.4, -0.2) is 4.57 Å². The molecule has 2 nitrogen and oxygen atoms in total. The molecule has 0 N–H and O–H groups in total. The molecule has 2 heteroatoms. The van der Waals surface area contributed by atoms with Crippen LogP contribution >= 0.6 is 0 Å². The van der Waals surface area contributed by atoms with E-state index in [1.54, 1.807) is 0 Å². The van der Waals surface area contributed by atoms with E-state index in [2.05, 4.69) is 217 Å². The van der Waals surface area contributed by atoms with Crippen LogP contribution in [0.15, 0.2) is 194 Å². The van der Waals surface area contributed by atoms with Gasteiger partial charge < -0.3 is 9.47 Å². The number of rotatable bonds is 6. The van der Waals surface area contributed by atoms with E-state index in [4.69, 9.17) is 0 Å². The minimum absolute atomic E-state index is 0.0427. The third-order valence-electron chi connectivity index (χ3n) is 11.2. The van der Waals surface area contributed by atoms with E-state index in [0.717, 1.165) is 17.1 Å². The Morgan fingerprint density at radius 3 is 1.70 bits per heavy atom. The summed E-state index contributed by atoms with van der Waals surface area (Å²) in [6.07, 6.45) is 0. The van der Waals surface area contributed by atoms with Gasteiger partial charge in [0.25, 0.3) is 0 Å². The third kappa shape index (κ3) is 5.02. The summed E-state index contributed by atoms with van der Waals surface area (Å²) in [5, 5.41) is 2.53. The van der Waals surface area contributed by atoms with E-state index < -0.39 is 0 Å². The second-order valence-corrected chi connectivity index (χ2v) is 14.6. The van der Waals surface area contributed by atoms with E-state index in [9.17, 15) is 0 Å². The van der Waals surface area contributed by atoms with Crippen LogP contribution in [0.2, 0.25) is 0 Å². The maximum absolute atomic E-state index is 2.40. The van der Waals surface area contributed by atoms with Crippen molar-refractivity contribution in [2.24, 2.45) is 0 Å². The Kier molecular flexibility index (Phi) is 7.19. The summed E-state index contributed by atoms with van der Waals surface area (Å²) in [5.74, 6) is 0. The van der Waals surface area contributed by atoms with Crippen molar-refractivity contribution < 1.29 is 0 Å². The Balaban J connectivity index is 1.11.